The number of fused-ring (bicyclic) bond motifs is 2. The van der Waals surface area contributed by atoms with Crippen LogP contribution in [0.2, 0.25) is 0 Å². The predicted octanol–water partition coefficient (Wildman–Crippen LogP) is 1.62. The summed E-state index contributed by atoms with van der Waals surface area (Å²) in [5, 5.41) is 0. The van der Waals surface area contributed by atoms with Crippen molar-refractivity contribution < 1.29 is 9.53 Å². The maximum absolute atomic E-state index is 12.6. The number of morpholine rings is 1. The van der Waals surface area contributed by atoms with Crippen LogP contribution in [0.3, 0.4) is 0 Å². The molecule has 1 aromatic heterocycles. The molecule has 2 saturated heterocycles. The summed E-state index contributed by atoms with van der Waals surface area (Å²) in [6, 6.07) is 3.55. The van der Waals surface area contributed by atoms with Gasteiger partial charge in [-0.05, 0) is 31.4 Å². The van der Waals surface area contributed by atoms with Crippen molar-refractivity contribution in [3.05, 3.63) is 23.4 Å². The largest absolute Gasteiger partial charge is 0.384 e. The minimum Gasteiger partial charge on any atom is -0.384 e. The van der Waals surface area contributed by atoms with Crippen molar-refractivity contribution in [3.8, 4) is 0 Å². The van der Waals surface area contributed by atoms with Crippen LogP contribution in [0, 0.1) is 0 Å². The van der Waals surface area contributed by atoms with Gasteiger partial charge in [-0.25, -0.2) is 4.98 Å². The number of rotatable bonds is 3. The number of aryl methyl sites for hydroxylation is 1. The van der Waals surface area contributed by atoms with Crippen molar-refractivity contribution in [1.29, 1.82) is 0 Å². The fourth-order valence-corrected chi connectivity index (χ4v) is 3.08. The number of nitrogens with zero attached hydrogens (tertiary/aromatic N) is 2. The van der Waals surface area contributed by atoms with E-state index in [1.807, 2.05) is 11.0 Å². The molecule has 1 amide bonds. The van der Waals surface area contributed by atoms with E-state index in [1.165, 1.54) is 0 Å². The maximum Gasteiger partial charge on any atom is 0.254 e. The minimum absolute atomic E-state index is 0.0525. The van der Waals surface area contributed by atoms with E-state index in [9.17, 15) is 4.79 Å². The van der Waals surface area contributed by atoms with Gasteiger partial charge in [-0.2, -0.15) is 0 Å². The Hall–Kier alpha value is -1.62. The van der Waals surface area contributed by atoms with E-state index in [0.717, 1.165) is 31.4 Å². The minimum atomic E-state index is 0.0525. The van der Waals surface area contributed by atoms with Gasteiger partial charge >= 0.3 is 0 Å². The van der Waals surface area contributed by atoms with Crippen molar-refractivity contribution in [2.24, 2.45) is 0 Å². The highest BCUT2D eigenvalue weighted by Gasteiger charge is 2.36. The molecule has 5 heteroatoms. The molecule has 1 aromatic rings. The average Bonchev–Trinajstić information content (AvgIpc) is 2.76. The third-order valence-electron chi connectivity index (χ3n) is 3.98. The number of hydrogen-bond donors (Lipinski definition) is 1. The van der Waals surface area contributed by atoms with E-state index in [1.54, 1.807) is 6.07 Å². The summed E-state index contributed by atoms with van der Waals surface area (Å²) < 4.78 is 5.77. The Balaban J connectivity index is 1.79. The fourth-order valence-electron chi connectivity index (χ4n) is 3.08. The molecule has 5 nitrogen and oxygen atoms in total. The Kier molecular flexibility index (Phi) is 3.61. The zero-order valence-corrected chi connectivity index (χ0v) is 11.8. The van der Waals surface area contributed by atoms with E-state index in [4.69, 9.17) is 10.5 Å². The number of nitrogen functional groups attached to an aromatic ring is 1. The zero-order chi connectivity index (χ0) is 14.1. The summed E-state index contributed by atoms with van der Waals surface area (Å²) in [7, 11) is 0. The Morgan fingerprint density at radius 3 is 2.75 bits per heavy atom. The third-order valence-corrected chi connectivity index (χ3v) is 3.98. The second kappa shape index (κ2) is 5.40. The highest BCUT2D eigenvalue weighted by Crippen LogP contribution is 2.27. The molecule has 20 heavy (non-hydrogen) atoms. The predicted molar refractivity (Wildman–Crippen MR) is 76.4 cm³/mol. The van der Waals surface area contributed by atoms with Gasteiger partial charge in [0.2, 0.25) is 0 Å². The Labute approximate surface area is 119 Å². The lowest BCUT2D eigenvalue weighted by atomic mass is 10.1. The molecule has 0 saturated carbocycles. The van der Waals surface area contributed by atoms with Crippen molar-refractivity contribution in [3.63, 3.8) is 0 Å². The number of hydrogen-bond acceptors (Lipinski definition) is 4. The lowest BCUT2D eigenvalue weighted by molar-refractivity contribution is -0.0303. The first-order chi connectivity index (χ1) is 9.65. The Morgan fingerprint density at radius 2 is 2.10 bits per heavy atom. The number of pyridine rings is 1. The Bertz CT molecular complexity index is 506. The number of carbonyl (C=O) groups is 1. The number of ether oxygens (including phenoxy) is 1. The van der Waals surface area contributed by atoms with Gasteiger partial charge in [0.15, 0.2) is 0 Å². The van der Waals surface area contributed by atoms with Crippen molar-refractivity contribution in [1.82, 2.24) is 9.88 Å². The fraction of sp³-hybridized carbons (Fsp3) is 0.600. The molecule has 2 unspecified atom stereocenters. The van der Waals surface area contributed by atoms with E-state index in [-0.39, 0.29) is 18.1 Å². The number of aromatic nitrogens is 1. The van der Waals surface area contributed by atoms with Crippen LogP contribution in [-0.2, 0) is 11.2 Å². The standard InChI is InChI=1S/C15H21N3O2/c1-2-3-11-6-10(7-14(16)17-11)15(19)18-8-12-4-5-13(9-18)20-12/h6-7,12-13H,2-5,8-9H2,1H3,(H2,16,17). The molecule has 0 aliphatic carbocycles. The normalized spacial score (nSPS) is 24.9. The number of carbonyl (C=O) groups excluding carboxylic acids is 1. The highest BCUT2D eigenvalue weighted by molar-refractivity contribution is 5.95. The van der Waals surface area contributed by atoms with Crippen LogP contribution in [-0.4, -0.2) is 41.1 Å². The van der Waals surface area contributed by atoms with Gasteiger partial charge in [0.05, 0.1) is 12.2 Å². The Morgan fingerprint density at radius 1 is 1.40 bits per heavy atom. The molecule has 3 heterocycles. The molecule has 2 N–H and O–H groups in total. The number of nitrogens with two attached hydrogens (primary N) is 1. The lowest BCUT2D eigenvalue weighted by Gasteiger charge is -2.32. The van der Waals surface area contributed by atoms with Gasteiger partial charge in [-0.1, -0.05) is 13.3 Å². The number of likely N-dealkylation sites (tertiary alicyclic amines) is 1. The second-order valence-electron chi connectivity index (χ2n) is 5.69. The van der Waals surface area contributed by atoms with E-state index in [0.29, 0.717) is 24.5 Å². The summed E-state index contributed by atoms with van der Waals surface area (Å²) in [4.78, 5) is 18.8. The molecule has 2 aliphatic heterocycles. The van der Waals surface area contributed by atoms with Gasteiger partial charge in [-0.15, -0.1) is 0 Å². The second-order valence-corrected chi connectivity index (χ2v) is 5.69. The van der Waals surface area contributed by atoms with Gasteiger partial charge in [0, 0.05) is 24.3 Å². The summed E-state index contributed by atoms with van der Waals surface area (Å²) in [5.41, 5.74) is 7.37. The molecule has 2 bridgehead atoms. The zero-order valence-electron chi connectivity index (χ0n) is 11.8. The van der Waals surface area contributed by atoms with Gasteiger partial charge in [0.25, 0.3) is 5.91 Å². The van der Waals surface area contributed by atoms with Crippen molar-refractivity contribution in [2.45, 2.75) is 44.8 Å². The molecule has 0 radical (unpaired) electrons. The van der Waals surface area contributed by atoms with Crippen LogP contribution in [0.1, 0.15) is 42.2 Å². The first kappa shape index (κ1) is 13.4. The number of anilines is 1. The molecule has 0 spiro atoms. The molecule has 108 valence electrons. The van der Waals surface area contributed by atoms with Gasteiger partial charge in [-0.3, -0.25) is 4.79 Å². The first-order valence-corrected chi connectivity index (χ1v) is 7.37. The molecule has 3 rings (SSSR count). The topological polar surface area (TPSA) is 68.5 Å². The number of amides is 1. The van der Waals surface area contributed by atoms with E-state index < -0.39 is 0 Å². The summed E-state index contributed by atoms with van der Waals surface area (Å²) in [5.74, 6) is 0.479. The molecule has 0 aromatic carbocycles. The van der Waals surface area contributed by atoms with Crippen LogP contribution in [0.4, 0.5) is 5.82 Å². The van der Waals surface area contributed by atoms with E-state index >= 15 is 0 Å². The first-order valence-electron chi connectivity index (χ1n) is 7.37. The van der Waals surface area contributed by atoms with E-state index in [2.05, 4.69) is 11.9 Å². The quantitative estimate of drug-likeness (QED) is 0.910. The smallest absolute Gasteiger partial charge is 0.254 e. The van der Waals surface area contributed by atoms with Gasteiger partial charge < -0.3 is 15.4 Å². The monoisotopic (exact) mass is 275 g/mol. The van der Waals surface area contributed by atoms with Crippen LogP contribution in [0.5, 0.6) is 0 Å². The molecular weight excluding hydrogens is 254 g/mol. The van der Waals surface area contributed by atoms with Crippen LogP contribution < -0.4 is 5.73 Å². The SMILES string of the molecule is CCCc1cc(C(=O)N2CC3CCC(C2)O3)cc(N)n1. The molecule has 2 fully saturated rings. The summed E-state index contributed by atoms with van der Waals surface area (Å²) in [6.07, 6.45) is 4.40. The van der Waals surface area contributed by atoms with Crippen LogP contribution >= 0.6 is 0 Å². The highest BCUT2D eigenvalue weighted by atomic mass is 16.5. The van der Waals surface area contributed by atoms with Gasteiger partial charge in [0.1, 0.15) is 5.82 Å². The third kappa shape index (κ3) is 2.63. The molecule has 2 atom stereocenters. The molecule has 2 aliphatic rings. The summed E-state index contributed by atoms with van der Waals surface area (Å²) in [6.45, 7) is 3.48. The van der Waals surface area contributed by atoms with Crippen molar-refractivity contribution >= 4 is 11.7 Å². The lowest BCUT2D eigenvalue weighted by Crippen LogP contribution is -2.45. The van der Waals surface area contributed by atoms with Crippen LogP contribution in [0.15, 0.2) is 12.1 Å². The summed E-state index contributed by atoms with van der Waals surface area (Å²) >= 11 is 0. The van der Waals surface area contributed by atoms with Crippen LogP contribution in [0.25, 0.3) is 0 Å². The average molecular weight is 275 g/mol. The molecular formula is C15H21N3O2. The van der Waals surface area contributed by atoms with Crippen molar-refractivity contribution in [2.75, 3.05) is 18.8 Å². The maximum atomic E-state index is 12.6.